The largest absolute Gasteiger partial charge is 0.383 e. The van der Waals surface area contributed by atoms with Crippen molar-refractivity contribution < 1.29 is 4.74 Å². The van der Waals surface area contributed by atoms with Crippen LogP contribution in [0.5, 0.6) is 0 Å². The fourth-order valence-corrected chi connectivity index (χ4v) is 2.16. The summed E-state index contributed by atoms with van der Waals surface area (Å²) in [5.74, 6) is 0.843. The van der Waals surface area contributed by atoms with Crippen molar-refractivity contribution in [3.63, 3.8) is 0 Å². The zero-order valence-corrected chi connectivity index (χ0v) is 14.3. The van der Waals surface area contributed by atoms with Gasteiger partial charge in [0.2, 0.25) is 0 Å². The van der Waals surface area contributed by atoms with Gasteiger partial charge in [0.25, 0.3) is 0 Å². The molecule has 0 amide bonds. The maximum atomic E-state index is 4.99. The molecule has 18 heavy (non-hydrogen) atoms. The normalized spacial score (nSPS) is 10.9. The molecule has 1 heterocycles. The molecule has 1 aromatic rings. The fraction of sp³-hybridized carbons (Fsp3) is 0.583. The molecule has 0 bridgehead atoms. The van der Waals surface area contributed by atoms with Gasteiger partial charge in [0, 0.05) is 30.0 Å². The first-order chi connectivity index (χ1) is 8.26. The minimum atomic E-state index is 0. The molecule has 0 unspecified atom stereocenters. The van der Waals surface area contributed by atoms with Gasteiger partial charge < -0.3 is 15.4 Å². The Labute approximate surface area is 130 Å². The summed E-state index contributed by atoms with van der Waals surface area (Å²) in [7, 11) is 1.69. The van der Waals surface area contributed by atoms with Gasteiger partial charge >= 0.3 is 0 Å². The highest BCUT2D eigenvalue weighted by Gasteiger charge is 1.98. The minimum Gasteiger partial charge on any atom is -0.383 e. The number of rotatable bonds is 6. The molecule has 0 atom stereocenters. The molecular weight excluding hydrogens is 361 g/mol. The van der Waals surface area contributed by atoms with Crippen LogP contribution in [0.4, 0.5) is 0 Å². The monoisotopic (exact) mass is 383 g/mol. The molecule has 0 saturated carbocycles. The quantitative estimate of drug-likeness (QED) is 0.343. The molecule has 2 N–H and O–H groups in total. The maximum Gasteiger partial charge on any atom is 0.191 e. The number of aliphatic imine (C=N–C) groups is 1. The Morgan fingerprint density at radius 1 is 1.39 bits per heavy atom. The third kappa shape index (κ3) is 7.17. The zero-order chi connectivity index (χ0) is 12.5. The van der Waals surface area contributed by atoms with Gasteiger partial charge in [-0.25, -0.2) is 4.99 Å². The first-order valence-electron chi connectivity index (χ1n) is 5.82. The summed E-state index contributed by atoms with van der Waals surface area (Å²) in [6, 6.07) is 4.25. The van der Waals surface area contributed by atoms with Gasteiger partial charge in [-0.1, -0.05) is 0 Å². The Bertz CT molecular complexity index is 355. The number of hydrogen-bond donors (Lipinski definition) is 2. The third-order valence-electron chi connectivity index (χ3n) is 2.13. The van der Waals surface area contributed by atoms with E-state index >= 15 is 0 Å². The summed E-state index contributed by atoms with van der Waals surface area (Å²) in [5, 5.41) is 6.42. The molecule has 0 radical (unpaired) electrons. The van der Waals surface area contributed by atoms with Crippen LogP contribution in [0.3, 0.4) is 0 Å². The first-order valence-corrected chi connectivity index (χ1v) is 6.64. The lowest BCUT2D eigenvalue weighted by Crippen LogP contribution is -2.38. The molecule has 4 nitrogen and oxygen atoms in total. The van der Waals surface area contributed by atoms with Crippen LogP contribution in [0, 0.1) is 6.92 Å². The third-order valence-corrected chi connectivity index (χ3v) is 3.12. The van der Waals surface area contributed by atoms with Crippen molar-refractivity contribution in [2.45, 2.75) is 20.4 Å². The molecule has 1 rings (SSSR count). The van der Waals surface area contributed by atoms with Crippen LogP contribution >= 0.6 is 35.3 Å². The van der Waals surface area contributed by atoms with E-state index in [1.54, 1.807) is 18.4 Å². The number of methoxy groups -OCH3 is 1. The lowest BCUT2D eigenvalue weighted by molar-refractivity contribution is 0.203. The Hall–Kier alpha value is -0.340. The van der Waals surface area contributed by atoms with E-state index < -0.39 is 0 Å². The van der Waals surface area contributed by atoms with Crippen LogP contribution in [0.15, 0.2) is 17.1 Å². The van der Waals surface area contributed by atoms with E-state index in [1.165, 1.54) is 9.75 Å². The summed E-state index contributed by atoms with van der Waals surface area (Å²) in [4.78, 5) is 7.13. The van der Waals surface area contributed by atoms with Crippen molar-refractivity contribution in [3.8, 4) is 0 Å². The van der Waals surface area contributed by atoms with Crippen molar-refractivity contribution in [1.29, 1.82) is 0 Å². The van der Waals surface area contributed by atoms with Crippen LogP contribution in [-0.2, 0) is 11.3 Å². The molecule has 0 aliphatic rings. The summed E-state index contributed by atoms with van der Waals surface area (Å²) >= 11 is 1.79. The van der Waals surface area contributed by atoms with E-state index in [9.17, 15) is 0 Å². The highest BCUT2D eigenvalue weighted by Crippen LogP contribution is 2.15. The van der Waals surface area contributed by atoms with Gasteiger partial charge in [0.15, 0.2) is 5.96 Å². The van der Waals surface area contributed by atoms with Gasteiger partial charge in [0.05, 0.1) is 13.2 Å². The summed E-state index contributed by atoms with van der Waals surface area (Å²) in [5.41, 5.74) is 0. The molecule has 1 aromatic heterocycles. The standard InChI is InChI=1S/C12H21N3OS.HI/c1-4-13-12(14-7-8-16-3)15-9-11-6-5-10(2)17-11;/h5-6H,4,7-9H2,1-3H3,(H2,13,14,15);1H. The molecule has 6 heteroatoms. The van der Waals surface area contributed by atoms with Crippen LogP contribution in [0.2, 0.25) is 0 Å². The topological polar surface area (TPSA) is 45.7 Å². The lowest BCUT2D eigenvalue weighted by Gasteiger charge is -2.10. The van der Waals surface area contributed by atoms with Crippen molar-refractivity contribution >= 4 is 41.3 Å². The molecule has 0 saturated heterocycles. The molecule has 0 fully saturated rings. The number of ether oxygens (including phenoxy) is 1. The molecule has 0 aromatic carbocycles. The average molecular weight is 383 g/mol. The predicted molar refractivity (Wildman–Crippen MR) is 89.2 cm³/mol. The van der Waals surface area contributed by atoms with Gasteiger partial charge in [-0.05, 0) is 26.0 Å². The van der Waals surface area contributed by atoms with Gasteiger partial charge in [-0.2, -0.15) is 0 Å². The number of guanidine groups is 1. The average Bonchev–Trinajstić information content (AvgIpc) is 2.72. The predicted octanol–water partition coefficient (Wildman–Crippen LogP) is 2.38. The molecule has 0 spiro atoms. The Morgan fingerprint density at radius 2 is 2.17 bits per heavy atom. The van der Waals surface area contributed by atoms with E-state index in [1.807, 2.05) is 0 Å². The number of hydrogen-bond acceptors (Lipinski definition) is 3. The van der Waals surface area contributed by atoms with Gasteiger partial charge in [-0.15, -0.1) is 35.3 Å². The second-order valence-electron chi connectivity index (χ2n) is 3.63. The Kier molecular flexibility index (Phi) is 10.4. The second kappa shape index (κ2) is 10.6. The SMILES string of the molecule is CCNC(=NCc1ccc(C)s1)NCCOC.I. The lowest BCUT2D eigenvalue weighted by atomic mass is 10.4. The summed E-state index contributed by atoms with van der Waals surface area (Å²) in [6.07, 6.45) is 0. The molecule has 0 aliphatic heterocycles. The highest BCUT2D eigenvalue weighted by molar-refractivity contribution is 14.0. The zero-order valence-electron chi connectivity index (χ0n) is 11.2. The number of halogens is 1. The van der Waals surface area contributed by atoms with Gasteiger partial charge in [-0.3, -0.25) is 0 Å². The molecule has 104 valence electrons. The van der Waals surface area contributed by atoms with E-state index in [0.29, 0.717) is 6.61 Å². The number of thiophene rings is 1. The Morgan fingerprint density at radius 3 is 2.72 bits per heavy atom. The van der Waals surface area contributed by atoms with Crippen LogP contribution in [-0.4, -0.2) is 32.8 Å². The number of aryl methyl sites for hydroxylation is 1. The van der Waals surface area contributed by atoms with E-state index in [2.05, 4.69) is 41.6 Å². The van der Waals surface area contributed by atoms with Crippen LogP contribution in [0.25, 0.3) is 0 Å². The van der Waals surface area contributed by atoms with E-state index in [4.69, 9.17) is 4.74 Å². The summed E-state index contributed by atoms with van der Waals surface area (Å²) in [6.45, 7) is 7.21. The van der Waals surface area contributed by atoms with E-state index in [0.717, 1.165) is 25.6 Å². The molecule has 0 aliphatic carbocycles. The van der Waals surface area contributed by atoms with Crippen LogP contribution in [0.1, 0.15) is 16.7 Å². The smallest absolute Gasteiger partial charge is 0.191 e. The van der Waals surface area contributed by atoms with Crippen LogP contribution < -0.4 is 10.6 Å². The second-order valence-corrected chi connectivity index (χ2v) is 5.00. The molecular formula is C12H22IN3OS. The van der Waals surface area contributed by atoms with Gasteiger partial charge in [0.1, 0.15) is 0 Å². The first kappa shape index (κ1) is 17.7. The maximum absolute atomic E-state index is 4.99. The van der Waals surface area contributed by atoms with Crippen molar-refractivity contribution in [2.75, 3.05) is 26.8 Å². The van der Waals surface area contributed by atoms with Crippen molar-refractivity contribution in [2.24, 2.45) is 4.99 Å². The summed E-state index contributed by atoms with van der Waals surface area (Å²) < 4.78 is 4.99. The fourth-order valence-electron chi connectivity index (χ4n) is 1.34. The Balaban J connectivity index is 0.00000289. The number of nitrogens with zero attached hydrogens (tertiary/aromatic N) is 1. The minimum absolute atomic E-state index is 0. The van der Waals surface area contributed by atoms with Crippen molar-refractivity contribution in [3.05, 3.63) is 21.9 Å². The number of nitrogens with one attached hydrogen (secondary N) is 2. The van der Waals surface area contributed by atoms with E-state index in [-0.39, 0.29) is 24.0 Å². The van der Waals surface area contributed by atoms with Crippen molar-refractivity contribution in [1.82, 2.24) is 10.6 Å². The highest BCUT2D eigenvalue weighted by atomic mass is 127.